The van der Waals surface area contributed by atoms with E-state index in [0.29, 0.717) is 36.4 Å². The summed E-state index contributed by atoms with van der Waals surface area (Å²) in [5, 5.41) is 9.33. The van der Waals surface area contributed by atoms with Crippen LogP contribution in [0.25, 0.3) is 6.08 Å². The lowest BCUT2D eigenvalue weighted by molar-refractivity contribution is -0.139. The Bertz CT molecular complexity index is 1920. The zero-order valence-electron chi connectivity index (χ0n) is 23.1. The largest absolute Gasteiger partial charge is 0.488 e. The maximum absolute atomic E-state index is 13.9. The SMILES string of the molecule is CCOC(=O)C1=C(C)N=c2s/c(=C/c3ccc(OCc4ccccc4C#N)c(Br)c3)c(=O)n2[C@@H]1c1ccc(SC)cc1. The number of rotatable bonds is 8. The van der Waals surface area contributed by atoms with Gasteiger partial charge in [0.25, 0.3) is 5.56 Å². The molecule has 7 nitrogen and oxygen atoms in total. The Balaban J connectivity index is 1.52. The van der Waals surface area contributed by atoms with Gasteiger partial charge in [-0.2, -0.15) is 5.26 Å². The summed E-state index contributed by atoms with van der Waals surface area (Å²) >= 11 is 6.47. The summed E-state index contributed by atoms with van der Waals surface area (Å²) in [6.45, 7) is 4.00. The van der Waals surface area contributed by atoms with Crippen molar-refractivity contribution in [3.8, 4) is 11.8 Å². The third-order valence-electron chi connectivity index (χ3n) is 6.72. The number of benzene rings is 3. The predicted octanol–water partition coefficient (Wildman–Crippen LogP) is 5.73. The number of nitrogens with zero attached hydrogens (tertiary/aromatic N) is 3. The Hall–Kier alpha value is -3.91. The summed E-state index contributed by atoms with van der Waals surface area (Å²) < 4.78 is 14.1. The third kappa shape index (κ3) is 6.00. The van der Waals surface area contributed by atoms with Crippen molar-refractivity contribution in [2.75, 3.05) is 12.9 Å². The van der Waals surface area contributed by atoms with Gasteiger partial charge in [-0.1, -0.05) is 47.7 Å². The lowest BCUT2D eigenvalue weighted by Crippen LogP contribution is -2.39. The molecule has 0 N–H and O–H groups in total. The minimum absolute atomic E-state index is 0.220. The van der Waals surface area contributed by atoms with Gasteiger partial charge in [0.05, 0.1) is 44.6 Å². The fourth-order valence-corrected chi connectivity index (χ4v) is 6.64. The summed E-state index contributed by atoms with van der Waals surface area (Å²) in [5.41, 5.74) is 3.61. The summed E-state index contributed by atoms with van der Waals surface area (Å²) in [4.78, 5) is 33.2. The van der Waals surface area contributed by atoms with Crippen molar-refractivity contribution < 1.29 is 14.3 Å². The van der Waals surface area contributed by atoms with Gasteiger partial charge in [0.2, 0.25) is 0 Å². The number of nitriles is 1. The van der Waals surface area contributed by atoms with E-state index in [-0.39, 0.29) is 18.8 Å². The van der Waals surface area contributed by atoms with Crippen LogP contribution in [0.3, 0.4) is 0 Å². The van der Waals surface area contributed by atoms with Crippen LogP contribution in [0.2, 0.25) is 0 Å². The van der Waals surface area contributed by atoms with Gasteiger partial charge in [0, 0.05) is 10.5 Å². The number of allylic oxidation sites excluding steroid dienone is 1. The van der Waals surface area contributed by atoms with Gasteiger partial charge in [-0.15, -0.1) is 11.8 Å². The Morgan fingerprint density at radius 2 is 1.95 bits per heavy atom. The first-order chi connectivity index (χ1) is 20.3. The van der Waals surface area contributed by atoms with Crippen molar-refractivity contribution in [1.29, 1.82) is 5.26 Å². The minimum atomic E-state index is -0.655. The van der Waals surface area contributed by atoms with Crippen molar-refractivity contribution in [1.82, 2.24) is 4.57 Å². The van der Waals surface area contributed by atoms with Crippen LogP contribution in [0.4, 0.5) is 0 Å². The molecule has 212 valence electrons. The number of carbonyl (C=O) groups is 1. The topological polar surface area (TPSA) is 93.7 Å². The Labute approximate surface area is 259 Å². The number of thiazole rings is 1. The number of ether oxygens (including phenoxy) is 2. The van der Waals surface area contributed by atoms with Gasteiger partial charge in [0.15, 0.2) is 4.80 Å². The van der Waals surface area contributed by atoms with Crippen molar-refractivity contribution in [3.05, 3.63) is 124 Å². The van der Waals surface area contributed by atoms with Crippen LogP contribution < -0.4 is 19.6 Å². The van der Waals surface area contributed by atoms with Gasteiger partial charge in [0.1, 0.15) is 12.4 Å². The molecule has 0 radical (unpaired) electrons. The Kier molecular flexibility index (Phi) is 9.12. The summed E-state index contributed by atoms with van der Waals surface area (Å²) in [7, 11) is 0. The second-order valence-electron chi connectivity index (χ2n) is 9.32. The molecule has 0 amide bonds. The second kappa shape index (κ2) is 12.9. The first-order valence-electron chi connectivity index (χ1n) is 13.1. The molecule has 0 unspecified atom stereocenters. The molecule has 10 heteroatoms. The average Bonchev–Trinajstić information content (AvgIpc) is 3.30. The van der Waals surface area contributed by atoms with Crippen molar-refractivity contribution in [2.24, 2.45) is 4.99 Å². The van der Waals surface area contributed by atoms with Crippen molar-refractivity contribution >= 4 is 51.1 Å². The Morgan fingerprint density at radius 1 is 1.19 bits per heavy atom. The molecule has 0 bridgehead atoms. The van der Waals surface area contributed by atoms with Crippen LogP contribution in [-0.2, 0) is 16.1 Å². The first kappa shape index (κ1) is 29.6. The molecule has 1 aliphatic rings. The molecule has 5 rings (SSSR count). The molecule has 0 saturated heterocycles. The lowest BCUT2D eigenvalue weighted by atomic mass is 9.96. The number of carbonyl (C=O) groups excluding carboxylic acids is 1. The first-order valence-corrected chi connectivity index (χ1v) is 15.9. The highest BCUT2D eigenvalue weighted by Gasteiger charge is 2.33. The van der Waals surface area contributed by atoms with E-state index in [1.54, 1.807) is 42.3 Å². The highest BCUT2D eigenvalue weighted by Crippen LogP contribution is 2.32. The van der Waals surface area contributed by atoms with E-state index in [4.69, 9.17) is 9.47 Å². The second-order valence-corrected chi connectivity index (χ2v) is 12.1. The smallest absolute Gasteiger partial charge is 0.338 e. The van der Waals surface area contributed by atoms with Gasteiger partial charge in [-0.3, -0.25) is 9.36 Å². The van der Waals surface area contributed by atoms with Gasteiger partial charge < -0.3 is 9.47 Å². The van der Waals surface area contributed by atoms with Crippen LogP contribution in [0.15, 0.2) is 97.2 Å². The predicted molar refractivity (Wildman–Crippen MR) is 168 cm³/mol. The number of esters is 1. The fourth-order valence-electron chi connectivity index (χ4n) is 4.68. The summed E-state index contributed by atoms with van der Waals surface area (Å²) in [6, 6.07) is 22.2. The highest BCUT2D eigenvalue weighted by atomic mass is 79.9. The Morgan fingerprint density at radius 3 is 2.64 bits per heavy atom. The van der Waals surface area contributed by atoms with Gasteiger partial charge in [-0.05, 0) is 83.6 Å². The summed E-state index contributed by atoms with van der Waals surface area (Å²) in [6.07, 6.45) is 3.80. The molecular formula is C32H26BrN3O4S2. The van der Waals surface area contributed by atoms with Crippen molar-refractivity contribution in [2.45, 2.75) is 31.4 Å². The maximum Gasteiger partial charge on any atom is 0.338 e. The molecule has 4 aromatic rings. The molecule has 42 heavy (non-hydrogen) atoms. The van der Waals surface area contributed by atoms with Gasteiger partial charge >= 0.3 is 5.97 Å². The molecule has 0 aliphatic carbocycles. The van der Waals surface area contributed by atoms with E-state index < -0.39 is 12.0 Å². The number of halogens is 1. The van der Waals surface area contributed by atoms with Crippen LogP contribution in [0, 0.1) is 11.3 Å². The van der Waals surface area contributed by atoms with Crippen molar-refractivity contribution in [3.63, 3.8) is 0 Å². The standard InChI is InChI=1S/C32H26BrN3O4S2/c1-4-39-31(38)28-19(2)35-32-36(29(28)21-10-12-24(41-3)13-11-21)30(37)27(42-32)16-20-9-14-26(25(33)15-20)40-18-23-8-6-5-7-22(23)17-34/h5-16,29H,4,18H2,1-3H3/b27-16+/t29-/m1/s1. The normalized spacial score (nSPS) is 14.6. The lowest BCUT2D eigenvalue weighted by Gasteiger charge is -2.24. The number of hydrogen-bond donors (Lipinski definition) is 0. The average molecular weight is 661 g/mol. The molecule has 1 aromatic heterocycles. The molecule has 1 aliphatic heterocycles. The maximum atomic E-state index is 13.9. The molecule has 2 heterocycles. The molecule has 0 fully saturated rings. The fraction of sp³-hybridized carbons (Fsp3) is 0.188. The highest BCUT2D eigenvalue weighted by molar-refractivity contribution is 9.10. The van der Waals surface area contributed by atoms with Crippen LogP contribution in [0.5, 0.6) is 5.75 Å². The van der Waals surface area contributed by atoms with E-state index in [1.165, 1.54) is 11.3 Å². The third-order valence-corrected chi connectivity index (χ3v) is 9.07. The van der Waals surface area contributed by atoms with E-state index in [0.717, 1.165) is 21.6 Å². The zero-order valence-corrected chi connectivity index (χ0v) is 26.3. The van der Waals surface area contributed by atoms with E-state index >= 15 is 0 Å². The quantitative estimate of drug-likeness (QED) is 0.177. The molecule has 0 spiro atoms. The van der Waals surface area contributed by atoms with Crippen LogP contribution in [0.1, 0.15) is 42.1 Å². The van der Waals surface area contributed by atoms with E-state index in [1.807, 2.05) is 66.9 Å². The van der Waals surface area contributed by atoms with Gasteiger partial charge in [-0.25, -0.2) is 9.79 Å². The minimum Gasteiger partial charge on any atom is -0.488 e. The molecule has 3 aromatic carbocycles. The van der Waals surface area contributed by atoms with E-state index in [9.17, 15) is 14.9 Å². The van der Waals surface area contributed by atoms with E-state index in [2.05, 4.69) is 27.0 Å². The number of fused-ring (bicyclic) bond motifs is 1. The molecule has 1 atom stereocenters. The van der Waals surface area contributed by atoms with Crippen LogP contribution in [-0.4, -0.2) is 23.4 Å². The number of hydrogen-bond acceptors (Lipinski definition) is 8. The number of aromatic nitrogens is 1. The van der Waals surface area contributed by atoms with Crippen LogP contribution >= 0.6 is 39.0 Å². The summed E-state index contributed by atoms with van der Waals surface area (Å²) in [5.74, 6) is 0.133. The zero-order chi connectivity index (χ0) is 29.8. The molecule has 0 saturated carbocycles. The monoisotopic (exact) mass is 659 g/mol. The number of thioether (sulfide) groups is 1. The molecular weight excluding hydrogens is 634 g/mol.